The van der Waals surface area contributed by atoms with Crippen LogP contribution in [0.5, 0.6) is 0 Å². The second kappa shape index (κ2) is 4.39. The topological polar surface area (TPSA) is 35.5 Å². The van der Waals surface area contributed by atoms with Crippen molar-refractivity contribution in [2.75, 3.05) is 0 Å². The summed E-state index contributed by atoms with van der Waals surface area (Å²) < 4.78 is 5.03. The number of hydrogen-bond acceptors (Lipinski definition) is 3. The highest BCUT2D eigenvalue weighted by atomic mass is 28.4. The molecule has 4 heteroatoms. The van der Waals surface area contributed by atoms with Crippen molar-refractivity contribution in [1.82, 2.24) is 0 Å². The Hall–Kier alpha value is -1.13. The van der Waals surface area contributed by atoms with E-state index in [9.17, 15) is 4.79 Å². The van der Waals surface area contributed by atoms with E-state index in [0.29, 0.717) is 5.56 Å². The van der Waals surface area contributed by atoms with E-state index in [1.807, 2.05) is 25.7 Å². The molecule has 0 radical (unpaired) electrons. The highest BCUT2D eigenvalue weighted by molar-refractivity contribution is 6.69. The molecule has 0 amide bonds. The molecule has 0 N–H and O–H groups in total. The fourth-order valence-corrected chi connectivity index (χ4v) is 1.11. The third kappa shape index (κ3) is 3.72. The van der Waals surface area contributed by atoms with Crippen molar-refractivity contribution in [3.8, 4) is 0 Å². The van der Waals surface area contributed by atoms with Gasteiger partial charge in [0.05, 0.1) is 5.56 Å². The van der Waals surface area contributed by atoms with Gasteiger partial charge in [-0.25, -0.2) is 9.37 Å². The fraction of sp³-hybridized carbons (Fsp3) is 0.300. The minimum absolute atomic E-state index is 0.437. The summed E-state index contributed by atoms with van der Waals surface area (Å²) in [5.74, 6) is -0.437. The molecular formula is C10H14O3Si. The average Bonchev–Trinajstić information content (AvgIpc) is 2.14. The molecule has 0 atom stereocenters. The largest absolute Gasteiger partial charge is 0.371 e. The van der Waals surface area contributed by atoms with Crippen LogP contribution >= 0.6 is 0 Å². The van der Waals surface area contributed by atoms with E-state index in [1.54, 1.807) is 24.3 Å². The molecule has 0 spiro atoms. The van der Waals surface area contributed by atoms with Gasteiger partial charge in [0.15, 0.2) is 0 Å². The summed E-state index contributed by atoms with van der Waals surface area (Å²) in [4.78, 5) is 16.1. The van der Waals surface area contributed by atoms with Crippen LogP contribution in [-0.2, 0) is 9.46 Å². The summed E-state index contributed by atoms with van der Waals surface area (Å²) in [6, 6.07) is 8.79. The maximum Gasteiger partial charge on any atom is 0.371 e. The van der Waals surface area contributed by atoms with Crippen molar-refractivity contribution in [2.45, 2.75) is 19.6 Å². The molecule has 0 saturated carbocycles. The highest BCUT2D eigenvalue weighted by Gasteiger charge is 2.19. The average molecular weight is 210 g/mol. The highest BCUT2D eigenvalue weighted by Crippen LogP contribution is 2.07. The Kier molecular flexibility index (Phi) is 3.43. The minimum atomic E-state index is -1.80. The van der Waals surface area contributed by atoms with Crippen molar-refractivity contribution in [1.29, 1.82) is 0 Å². The summed E-state index contributed by atoms with van der Waals surface area (Å²) in [6.07, 6.45) is 0. The quantitative estimate of drug-likeness (QED) is 0.437. The maximum absolute atomic E-state index is 11.4. The zero-order valence-corrected chi connectivity index (χ0v) is 9.61. The number of carbonyl (C=O) groups excluding carboxylic acids is 1. The lowest BCUT2D eigenvalue weighted by molar-refractivity contribution is -0.159. The summed E-state index contributed by atoms with van der Waals surface area (Å²) in [6.45, 7) is 5.85. The van der Waals surface area contributed by atoms with Gasteiger partial charge in [0.1, 0.15) is 0 Å². The molecule has 76 valence electrons. The zero-order valence-electron chi connectivity index (χ0n) is 8.61. The van der Waals surface area contributed by atoms with Gasteiger partial charge >= 0.3 is 5.97 Å². The molecule has 14 heavy (non-hydrogen) atoms. The number of rotatable bonds is 3. The van der Waals surface area contributed by atoms with E-state index < -0.39 is 14.3 Å². The normalized spacial score (nSPS) is 11.1. The first-order valence-electron chi connectivity index (χ1n) is 4.44. The summed E-state index contributed by atoms with van der Waals surface area (Å²) in [7, 11) is -1.80. The van der Waals surface area contributed by atoms with Gasteiger partial charge in [-0.05, 0) is 31.8 Å². The van der Waals surface area contributed by atoms with Crippen LogP contribution in [0.25, 0.3) is 0 Å². The number of hydrogen-bond donors (Lipinski definition) is 0. The molecule has 1 aromatic rings. The SMILES string of the molecule is C[Si](C)(C)OOC(=O)c1ccccc1. The molecule has 0 fully saturated rings. The molecule has 0 saturated heterocycles. The molecule has 1 rings (SSSR count). The Morgan fingerprint density at radius 2 is 1.71 bits per heavy atom. The Balaban J connectivity index is 2.52. The standard InChI is InChI=1S/C10H14O3Si/c1-14(2,3)13-12-10(11)9-7-5-4-6-8-9/h4-8H,1-3H3. The van der Waals surface area contributed by atoms with Crippen LogP contribution in [0.15, 0.2) is 30.3 Å². The lowest BCUT2D eigenvalue weighted by atomic mass is 10.2. The molecular weight excluding hydrogens is 196 g/mol. The van der Waals surface area contributed by atoms with Crippen molar-refractivity contribution in [2.24, 2.45) is 0 Å². The lowest BCUT2D eigenvalue weighted by Gasteiger charge is -2.14. The van der Waals surface area contributed by atoms with Gasteiger partial charge in [-0.2, -0.15) is 0 Å². The van der Waals surface area contributed by atoms with Crippen molar-refractivity contribution >= 4 is 14.3 Å². The molecule has 0 heterocycles. The molecule has 0 bridgehead atoms. The van der Waals surface area contributed by atoms with Crippen LogP contribution < -0.4 is 0 Å². The Morgan fingerprint density at radius 3 is 2.21 bits per heavy atom. The Morgan fingerprint density at radius 1 is 1.14 bits per heavy atom. The van der Waals surface area contributed by atoms with E-state index in [1.165, 1.54) is 0 Å². The third-order valence-electron chi connectivity index (χ3n) is 1.38. The van der Waals surface area contributed by atoms with E-state index in [-0.39, 0.29) is 0 Å². The van der Waals surface area contributed by atoms with Crippen LogP contribution in [0, 0.1) is 0 Å². The molecule has 0 aliphatic carbocycles. The summed E-state index contributed by atoms with van der Waals surface area (Å²) in [5.41, 5.74) is 0.505. The predicted octanol–water partition coefficient (Wildman–Crippen LogP) is 2.61. The Labute approximate surface area is 84.7 Å². The predicted molar refractivity (Wildman–Crippen MR) is 56.3 cm³/mol. The molecule has 0 aliphatic heterocycles. The van der Waals surface area contributed by atoms with Crippen LogP contribution in [0.4, 0.5) is 0 Å². The van der Waals surface area contributed by atoms with Gasteiger partial charge in [-0.1, -0.05) is 18.2 Å². The summed E-state index contributed by atoms with van der Waals surface area (Å²) in [5, 5.41) is 0. The summed E-state index contributed by atoms with van der Waals surface area (Å²) >= 11 is 0. The van der Waals surface area contributed by atoms with Crippen LogP contribution in [0.3, 0.4) is 0 Å². The van der Waals surface area contributed by atoms with Gasteiger partial charge in [0, 0.05) is 0 Å². The van der Waals surface area contributed by atoms with Crippen molar-refractivity contribution < 1.29 is 14.3 Å². The van der Waals surface area contributed by atoms with E-state index in [4.69, 9.17) is 9.46 Å². The second-order valence-corrected chi connectivity index (χ2v) is 8.32. The van der Waals surface area contributed by atoms with Crippen LogP contribution in [0.1, 0.15) is 10.4 Å². The molecule has 0 unspecified atom stereocenters. The number of carbonyl (C=O) groups is 1. The van der Waals surface area contributed by atoms with E-state index in [0.717, 1.165) is 0 Å². The first kappa shape index (κ1) is 10.9. The smallest absolute Gasteiger partial charge is 0.305 e. The van der Waals surface area contributed by atoms with Crippen LogP contribution in [0.2, 0.25) is 19.6 Å². The first-order chi connectivity index (χ1) is 6.49. The number of benzene rings is 1. The van der Waals surface area contributed by atoms with Gasteiger partial charge in [-0.3, -0.25) is 0 Å². The second-order valence-electron chi connectivity index (χ2n) is 3.93. The lowest BCUT2D eigenvalue weighted by Crippen LogP contribution is -2.27. The fourth-order valence-electron chi connectivity index (χ4n) is 0.785. The van der Waals surface area contributed by atoms with Gasteiger partial charge < -0.3 is 4.89 Å². The van der Waals surface area contributed by atoms with Gasteiger partial charge in [0.2, 0.25) is 8.32 Å². The zero-order chi connectivity index (χ0) is 10.6. The van der Waals surface area contributed by atoms with Crippen molar-refractivity contribution in [3.63, 3.8) is 0 Å². The van der Waals surface area contributed by atoms with E-state index >= 15 is 0 Å². The minimum Gasteiger partial charge on any atom is -0.305 e. The maximum atomic E-state index is 11.4. The third-order valence-corrected chi connectivity index (χ3v) is 1.96. The van der Waals surface area contributed by atoms with Gasteiger partial charge in [0.25, 0.3) is 0 Å². The van der Waals surface area contributed by atoms with Crippen molar-refractivity contribution in [3.05, 3.63) is 35.9 Å². The Bertz CT molecular complexity index is 303. The molecule has 3 nitrogen and oxygen atoms in total. The molecule has 1 aromatic carbocycles. The molecule has 0 aliphatic rings. The molecule has 0 aromatic heterocycles. The van der Waals surface area contributed by atoms with Crippen LogP contribution in [-0.4, -0.2) is 14.3 Å². The first-order valence-corrected chi connectivity index (χ1v) is 7.85. The monoisotopic (exact) mass is 210 g/mol. The van der Waals surface area contributed by atoms with E-state index in [2.05, 4.69) is 0 Å². The van der Waals surface area contributed by atoms with Gasteiger partial charge in [-0.15, -0.1) is 0 Å².